The number of carbonyl (C=O) groups is 1. The number of carboxylic acid groups (broad SMARTS) is 1. The minimum Gasteiger partial charge on any atom is -0.493 e. The Hall–Kier alpha value is -1.75. The molecule has 0 amide bonds. The molecule has 2 atom stereocenters. The van der Waals surface area contributed by atoms with E-state index in [1.165, 1.54) is 0 Å². The molecule has 5 heteroatoms. The van der Waals surface area contributed by atoms with Crippen LogP contribution in [0, 0.1) is 0 Å². The quantitative estimate of drug-likeness (QED) is 0.839. The summed E-state index contributed by atoms with van der Waals surface area (Å²) < 4.78 is 11.0. The van der Waals surface area contributed by atoms with E-state index in [0.29, 0.717) is 12.4 Å². The highest BCUT2D eigenvalue weighted by Crippen LogP contribution is 2.36. The van der Waals surface area contributed by atoms with Gasteiger partial charge in [0.2, 0.25) is 0 Å². The predicted octanol–water partition coefficient (Wildman–Crippen LogP) is 3.09. The number of likely N-dealkylation sites (tertiary alicyclic amines) is 1. The van der Waals surface area contributed by atoms with E-state index in [1.54, 1.807) is 7.11 Å². The second-order valence-electron chi connectivity index (χ2n) is 5.50. The number of hydrogen-bond donors (Lipinski definition) is 1. The van der Waals surface area contributed by atoms with E-state index in [0.717, 1.165) is 37.1 Å². The predicted molar refractivity (Wildman–Crippen MR) is 84.6 cm³/mol. The van der Waals surface area contributed by atoms with E-state index < -0.39 is 5.97 Å². The number of benzene rings is 1. The second-order valence-corrected chi connectivity index (χ2v) is 5.50. The Kier molecular flexibility index (Phi) is 5.66. The molecule has 122 valence electrons. The lowest BCUT2D eigenvalue weighted by molar-refractivity contribution is -0.143. The standard InChI is InChI=1S/C17H25NO4/c1-4-13(18-10-6-7-14(18)17(19)20)12-8-9-15(22-5-2)16(11-12)21-3/h8-9,11,13-14H,4-7,10H2,1-3H3,(H,19,20). The first-order valence-corrected chi connectivity index (χ1v) is 7.91. The molecule has 0 saturated carbocycles. The number of aliphatic carboxylic acids is 1. The van der Waals surface area contributed by atoms with Crippen LogP contribution in [-0.2, 0) is 4.79 Å². The van der Waals surface area contributed by atoms with E-state index in [4.69, 9.17) is 9.47 Å². The highest BCUT2D eigenvalue weighted by atomic mass is 16.5. The number of carboxylic acids is 1. The Morgan fingerprint density at radius 2 is 2.18 bits per heavy atom. The molecule has 1 saturated heterocycles. The lowest BCUT2D eigenvalue weighted by Gasteiger charge is -2.31. The van der Waals surface area contributed by atoms with Gasteiger partial charge in [0.05, 0.1) is 13.7 Å². The van der Waals surface area contributed by atoms with Crippen molar-refractivity contribution in [2.75, 3.05) is 20.3 Å². The van der Waals surface area contributed by atoms with E-state index in [2.05, 4.69) is 11.8 Å². The highest BCUT2D eigenvalue weighted by Gasteiger charge is 2.35. The van der Waals surface area contributed by atoms with E-state index >= 15 is 0 Å². The molecule has 0 aliphatic carbocycles. The molecule has 1 N–H and O–H groups in total. The van der Waals surface area contributed by atoms with Crippen LogP contribution in [-0.4, -0.2) is 42.3 Å². The average Bonchev–Trinajstić information content (AvgIpc) is 2.99. The molecular formula is C17H25NO4. The SMILES string of the molecule is CCOc1ccc(C(CC)N2CCCC2C(=O)O)cc1OC. The van der Waals surface area contributed by atoms with Crippen molar-refractivity contribution in [2.24, 2.45) is 0 Å². The van der Waals surface area contributed by atoms with Crippen LogP contribution in [0.1, 0.15) is 44.7 Å². The van der Waals surface area contributed by atoms with Gasteiger partial charge in [0.1, 0.15) is 6.04 Å². The van der Waals surface area contributed by atoms with Gasteiger partial charge in [-0.2, -0.15) is 0 Å². The summed E-state index contributed by atoms with van der Waals surface area (Å²) in [6.45, 7) is 5.43. The van der Waals surface area contributed by atoms with Gasteiger partial charge in [0, 0.05) is 6.04 Å². The summed E-state index contributed by atoms with van der Waals surface area (Å²) in [6.07, 6.45) is 2.52. The van der Waals surface area contributed by atoms with E-state index in [9.17, 15) is 9.90 Å². The van der Waals surface area contributed by atoms with Gasteiger partial charge in [-0.3, -0.25) is 9.69 Å². The molecule has 0 bridgehead atoms. The van der Waals surface area contributed by atoms with Crippen LogP contribution < -0.4 is 9.47 Å². The van der Waals surface area contributed by atoms with Crippen LogP contribution in [0.4, 0.5) is 0 Å². The number of nitrogens with zero attached hydrogens (tertiary/aromatic N) is 1. The lowest BCUT2D eigenvalue weighted by Crippen LogP contribution is -2.38. The molecular weight excluding hydrogens is 282 g/mol. The summed E-state index contributed by atoms with van der Waals surface area (Å²) in [4.78, 5) is 13.5. The van der Waals surface area contributed by atoms with Gasteiger partial charge in [-0.15, -0.1) is 0 Å². The molecule has 1 aromatic carbocycles. The normalized spacial score (nSPS) is 19.9. The first kappa shape index (κ1) is 16.6. The molecule has 1 aliphatic rings. The molecule has 0 radical (unpaired) electrons. The summed E-state index contributed by atoms with van der Waals surface area (Å²) in [5.74, 6) is 0.692. The fraction of sp³-hybridized carbons (Fsp3) is 0.588. The minimum absolute atomic E-state index is 0.0909. The highest BCUT2D eigenvalue weighted by molar-refractivity contribution is 5.74. The topological polar surface area (TPSA) is 59.0 Å². The van der Waals surface area contributed by atoms with Gasteiger partial charge < -0.3 is 14.6 Å². The van der Waals surface area contributed by atoms with Crippen LogP contribution in [0.15, 0.2) is 18.2 Å². The average molecular weight is 307 g/mol. The van der Waals surface area contributed by atoms with Crippen LogP contribution in [0.5, 0.6) is 11.5 Å². The Morgan fingerprint density at radius 3 is 2.77 bits per heavy atom. The summed E-state index contributed by atoms with van der Waals surface area (Å²) in [7, 11) is 1.62. The van der Waals surface area contributed by atoms with Gasteiger partial charge in [-0.05, 0) is 50.4 Å². The maximum Gasteiger partial charge on any atom is 0.320 e. The third-order valence-electron chi connectivity index (χ3n) is 4.24. The molecule has 0 spiro atoms. The maximum absolute atomic E-state index is 11.4. The second kappa shape index (κ2) is 7.49. The molecule has 1 aliphatic heterocycles. The molecule has 1 heterocycles. The zero-order chi connectivity index (χ0) is 16.1. The Morgan fingerprint density at radius 1 is 1.41 bits per heavy atom. The molecule has 22 heavy (non-hydrogen) atoms. The van der Waals surface area contributed by atoms with Crippen LogP contribution in [0.3, 0.4) is 0 Å². The van der Waals surface area contributed by atoms with Crippen molar-refractivity contribution in [1.82, 2.24) is 4.90 Å². The number of rotatable bonds is 7. The largest absolute Gasteiger partial charge is 0.493 e. The summed E-state index contributed by atoms with van der Waals surface area (Å²) >= 11 is 0. The first-order chi connectivity index (χ1) is 10.6. The summed E-state index contributed by atoms with van der Waals surface area (Å²) in [6, 6.07) is 5.59. The molecule has 5 nitrogen and oxygen atoms in total. The van der Waals surface area contributed by atoms with Crippen LogP contribution >= 0.6 is 0 Å². The third-order valence-corrected chi connectivity index (χ3v) is 4.24. The number of hydrogen-bond acceptors (Lipinski definition) is 4. The van der Waals surface area contributed by atoms with Gasteiger partial charge >= 0.3 is 5.97 Å². The maximum atomic E-state index is 11.4. The third kappa shape index (κ3) is 3.35. The van der Waals surface area contributed by atoms with Crippen LogP contribution in [0.2, 0.25) is 0 Å². The van der Waals surface area contributed by atoms with E-state index in [1.807, 2.05) is 25.1 Å². The fourth-order valence-electron chi connectivity index (χ4n) is 3.26. The molecule has 2 unspecified atom stereocenters. The molecule has 0 aromatic heterocycles. The van der Waals surface area contributed by atoms with Crippen molar-refractivity contribution in [2.45, 2.75) is 45.2 Å². The van der Waals surface area contributed by atoms with Crippen molar-refractivity contribution in [1.29, 1.82) is 0 Å². The number of methoxy groups -OCH3 is 1. The lowest BCUT2D eigenvalue weighted by atomic mass is 10.0. The fourth-order valence-corrected chi connectivity index (χ4v) is 3.26. The number of ether oxygens (including phenoxy) is 2. The van der Waals surface area contributed by atoms with Gasteiger partial charge in [-0.25, -0.2) is 0 Å². The summed E-state index contributed by atoms with van der Waals surface area (Å²) in [5, 5.41) is 9.40. The summed E-state index contributed by atoms with van der Waals surface area (Å²) in [5.41, 5.74) is 1.08. The minimum atomic E-state index is -0.728. The van der Waals surface area contributed by atoms with Crippen molar-refractivity contribution in [3.05, 3.63) is 23.8 Å². The van der Waals surface area contributed by atoms with Gasteiger partial charge in [0.15, 0.2) is 11.5 Å². The smallest absolute Gasteiger partial charge is 0.320 e. The molecule has 1 aromatic rings. The van der Waals surface area contributed by atoms with Crippen molar-refractivity contribution in [3.63, 3.8) is 0 Å². The van der Waals surface area contributed by atoms with E-state index in [-0.39, 0.29) is 12.1 Å². The Labute approximate surface area is 131 Å². The van der Waals surface area contributed by atoms with Gasteiger partial charge in [0.25, 0.3) is 0 Å². The molecule has 2 rings (SSSR count). The monoisotopic (exact) mass is 307 g/mol. The Bertz CT molecular complexity index is 517. The first-order valence-electron chi connectivity index (χ1n) is 7.91. The molecule has 1 fully saturated rings. The van der Waals surface area contributed by atoms with Gasteiger partial charge in [-0.1, -0.05) is 13.0 Å². The zero-order valence-corrected chi connectivity index (χ0v) is 13.5. The van der Waals surface area contributed by atoms with Crippen molar-refractivity contribution in [3.8, 4) is 11.5 Å². The van der Waals surface area contributed by atoms with Crippen molar-refractivity contribution < 1.29 is 19.4 Å². The Balaban J connectivity index is 2.29. The van der Waals surface area contributed by atoms with Crippen molar-refractivity contribution >= 4 is 5.97 Å². The zero-order valence-electron chi connectivity index (χ0n) is 13.5. The van der Waals surface area contributed by atoms with Crippen LogP contribution in [0.25, 0.3) is 0 Å².